The minimum atomic E-state index is -1.79. The van der Waals surface area contributed by atoms with E-state index in [4.69, 9.17) is 18.9 Å². The first-order valence-electron chi connectivity index (χ1n) is 21.5. The third-order valence-electron chi connectivity index (χ3n) is 10.2. The van der Waals surface area contributed by atoms with E-state index in [2.05, 4.69) is 67.8 Å². The van der Waals surface area contributed by atoms with Crippen molar-refractivity contribution in [1.82, 2.24) is 5.32 Å². The van der Waals surface area contributed by atoms with Gasteiger partial charge in [-0.05, 0) is 57.8 Å². The van der Waals surface area contributed by atoms with Crippen molar-refractivity contribution in [2.45, 2.75) is 190 Å². The second kappa shape index (κ2) is 31.5. The lowest BCUT2D eigenvalue weighted by atomic mass is 9.97. The highest BCUT2D eigenvalue weighted by Gasteiger charge is 2.50. The van der Waals surface area contributed by atoms with Crippen molar-refractivity contribution >= 4 is 5.91 Å². The Morgan fingerprint density at radius 3 is 1.88 bits per heavy atom. The molecule has 2 rings (SSSR count). The second-order valence-electron chi connectivity index (χ2n) is 15.1. The molecule has 12 atom stereocenters. The molecule has 0 spiro atoms. The van der Waals surface area contributed by atoms with E-state index in [0.717, 1.165) is 77.0 Å². The molecular formula is C44H75NO13. The molecule has 2 heterocycles. The van der Waals surface area contributed by atoms with Gasteiger partial charge >= 0.3 is 0 Å². The number of rotatable bonds is 30. The molecule has 334 valence electrons. The summed E-state index contributed by atoms with van der Waals surface area (Å²) in [4.78, 5) is 13.0. The Hall–Kier alpha value is -2.31. The number of nitrogens with one attached hydrogen (secondary N) is 1. The third-order valence-corrected chi connectivity index (χ3v) is 10.2. The van der Waals surface area contributed by atoms with Gasteiger partial charge in [-0.3, -0.25) is 4.79 Å². The van der Waals surface area contributed by atoms with Crippen LogP contribution >= 0.6 is 0 Å². The van der Waals surface area contributed by atoms with Gasteiger partial charge < -0.3 is 65.1 Å². The summed E-state index contributed by atoms with van der Waals surface area (Å²) in [5.74, 6) is -0.269. The second-order valence-corrected chi connectivity index (χ2v) is 15.1. The number of aliphatic hydroxyl groups excluding tert-OH is 8. The average Bonchev–Trinajstić information content (AvgIpc) is 3.22. The van der Waals surface area contributed by atoms with Crippen molar-refractivity contribution in [1.29, 1.82) is 0 Å². The van der Waals surface area contributed by atoms with Gasteiger partial charge in [-0.1, -0.05) is 113 Å². The Bertz CT molecular complexity index is 1210. The molecular weight excluding hydrogens is 750 g/mol. The van der Waals surface area contributed by atoms with Gasteiger partial charge in [0.15, 0.2) is 12.6 Å². The van der Waals surface area contributed by atoms with E-state index in [9.17, 15) is 45.6 Å². The summed E-state index contributed by atoms with van der Waals surface area (Å²) in [7, 11) is 0. The molecule has 58 heavy (non-hydrogen) atoms. The smallest absolute Gasteiger partial charge is 0.220 e. The number of unbranched alkanes of at least 4 members (excludes halogenated alkanes) is 9. The predicted molar refractivity (Wildman–Crippen MR) is 221 cm³/mol. The van der Waals surface area contributed by atoms with Gasteiger partial charge in [-0.25, -0.2) is 0 Å². The summed E-state index contributed by atoms with van der Waals surface area (Å²) in [6.45, 7) is 2.49. The monoisotopic (exact) mass is 826 g/mol. The van der Waals surface area contributed by atoms with Crippen LogP contribution in [0.1, 0.15) is 117 Å². The van der Waals surface area contributed by atoms with Crippen molar-refractivity contribution in [3.63, 3.8) is 0 Å². The maximum atomic E-state index is 13.0. The maximum Gasteiger partial charge on any atom is 0.220 e. The van der Waals surface area contributed by atoms with Crippen LogP contribution in [0, 0.1) is 0 Å². The number of carbonyl (C=O) groups is 1. The van der Waals surface area contributed by atoms with E-state index >= 15 is 0 Å². The molecule has 12 unspecified atom stereocenters. The highest BCUT2D eigenvalue weighted by atomic mass is 16.7. The van der Waals surface area contributed by atoms with Crippen LogP contribution in [0.15, 0.2) is 60.8 Å². The molecule has 0 saturated carbocycles. The van der Waals surface area contributed by atoms with Crippen LogP contribution in [0.5, 0.6) is 0 Å². The first-order valence-corrected chi connectivity index (χ1v) is 21.5. The summed E-state index contributed by atoms with van der Waals surface area (Å²) >= 11 is 0. The van der Waals surface area contributed by atoms with E-state index in [-0.39, 0.29) is 18.9 Å². The van der Waals surface area contributed by atoms with E-state index in [0.29, 0.717) is 12.8 Å². The van der Waals surface area contributed by atoms with Gasteiger partial charge in [-0.15, -0.1) is 0 Å². The van der Waals surface area contributed by atoms with Crippen LogP contribution in [-0.2, 0) is 23.7 Å². The Labute approximate surface area is 345 Å². The van der Waals surface area contributed by atoms with Gasteiger partial charge in [0.05, 0.1) is 32.0 Å². The van der Waals surface area contributed by atoms with Gasteiger partial charge in [0.25, 0.3) is 0 Å². The number of hydrogen-bond acceptors (Lipinski definition) is 13. The fourth-order valence-corrected chi connectivity index (χ4v) is 6.62. The fourth-order valence-electron chi connectivity index (χ4n) is 6.62. The number of ether oxygens (including phenoxy) is 4. The summed E-state index contributed by atoms with van der Waals surface area (Å²) in [5, 5.41) is 86.1. The van der Waals surface area contributed by atoms with Crippen LogP contribution in [0.25, 0.3) is 0 Å². The molecule has 2 aliphatic heterocycles. The SMILES string of the molecule is CC/C=C\C/C=C\C/C=C\CCCCCCCCCC(=O)NC(COC1OC(CO)C(OC2OC(CO)C(O)C(O)C2O)C(O)C1O)C(O)/C=C/CC/C=C/CCC. The molecule has 1 amide bonds. The van der Waals surface area contributed by atoms with Crippen LogP contribution in [0.3, 0.4) is 0 Å². The zero-order valence-electron chi connectivity index (χ0n) is 34.8. The van der Waals surface area contributed by atoms with Gasteiger partial charge in [0.1, 0.15) is 48.8 Å². The minimum absolute atomic E-state index is 0.258. The molecule has 0 bridgehead atoms. The number of allylic oxidation sites excluding steroid dienone is 9. The van der Waals surface area contributed by atoms with E-state index in [1.807, 2.05) is 6.08 Å². The first-order chi connectivity index (χ1) is 28.1. The zero-order chi connectivity index (χ0) is 42.5. The van der Waals surface area contributed by atoms with Crippen LogP contribution in [0.2, 0.25) is 0 Å². The molecule has 2 aliphatic rings. The minimum Gasteiger partial charge on any atom is -0.394 e. The summed E-state index contributed by atoms with van der Waals surface area (Å²) in [6.07, 6.45) is 18.8. The normalized spacial score (nSPS) is 29.4. The summed E-state index contributed by atoms with van der Waals surface area (Å²) < 4.78 is 22.5. The van der Waals surface area contributed by atoms with Crippen molar-refractivity contribution in [2.24, 2.45) is 0 Å². The Kier molecular flexibility index (Phi) is 28.2. The Morgan fingerprint density at radius 1 is 0.638 bits per heavy atom. The highest BCUT2D eigenvalue weighted by Crippen LogP contribution is 2.29. The molecule has 2 saturated heterocycles. The maximum absolute atomic E-state index is 13.0. The topological polar surface area (TPSA) is 228 Å². The van der Waals surface area contributed by atoms with Crippen molar-refractivity contribution < 1.29 is 64.6 Å². The Balaban J connectivity index is 1.86. The van der Waals surface area contributed by atoms with E-state index < -0.39 is 86.8 Å². The summed E-state index contributed by atoms with van der Waals surface area (Å²) in [6, 6.07) is -0.934. The number of hydrogen-bond donors (Lipinski definition) is 9. The molecule has 14 heteroatoms. The average molecular weight is 826 g/mol. The van der Waals surface area contributed by atoms with E-state index in [1.165, 1.54) is 6.42 Å². The first kappa shape index (κ1) is 51.8. The van der Waals surface area contributed by atoms with Crippen molar-refractivity contribution in [2.75, 3.05) is 19.8 Å². The molecule has 0 aromatic rings. The molecule has 14 nitrogen and oxygen atoms in total. The quantitative estimate of drug-likeness (QED) is 0.0374. The molecule has 0 aliphatic carbocycles. The largest absolute Gasteiger partial charge is 0.394 e. The molecule has 0 aromatic heterocycles. The van der Waals surface area contributed by atoms with Crippen molar-refractivity contribution in [3.8, 4) is 0 Å². The van der Waals surface area contributed by atoms with E-state index in [1.54, 1.807) is 6.08 Å². The molecule has 0 radical (unpaired) electrons. The van der Waals surface area contributed by atoms with Gasteiger partial charge in [0.2, 0.25) is 5.91 Å². The lowest BCUT2D eigenvalue weighted by molar-refractivity contribution is -0.359. The third kappa shape index (κ3) is 19.8. The lowest BCUT2D eigenvalue weighted by Gasteiger charge is -2.46. The highest BCUT2D eigenvalue weighted by molar-refractivity contribution is 5.76. The summed E-state index contributed by atoms with van der Waals surface area (Å²) in [5.41, 5.74) is 0. The van der Waals surface area contributed by atoms with Gasteiger partial charge in [0, 0.05) is 6.42 Å². The lowest BCUT2D eigenvalue weighted by Crippen LogP contribution is -2.65. The standard InChI is InChI=1S/C44H75NO13/c1-3-5-7-9-11-12-13-14-15-16-17-18-19-20-22-24-26-28-36(49)45-32(33(48)27-25-23-21-10-8-6-4-2)31-55-43-41(54)39(52)42(35(30-47)57-43)58-44-40(53)38(51)37(50)34(29-46)56-44/h5,7-8,10-12,14-15,25,27,32-35,37-44,46-48,50-54H,3-4,6,9,13,16-24,26,28-31H2,1-2H3,(H,45,49)/b7-5-,10-8+,12-11-,15-14-,27-25+. The zero-order valence-corrected chi connectivity index (χ0v) is 34.8. The number of amides is 1. The van der Waals surface area contributed by atoms with Crippen molar-refractivity contribution in [3.05, 3.63) is 60.8 Å². The number of aliphatic hydroxyl groups is 8. The number of carbonyl (C=O) groups excluding carboxylic acids is 1. The molecule has 0 aromatic carbocycles. The van der Waals surface area contributed by atoms with Crippen LogP contribution < -0.4 is 5.32 Å². The van der Waals surface area contributed by atoms with Gasteiger partial charge in [-0.2, -0.15) is 0 Å². The van der Waals surface area contributed by atoms with Crippen LogP contribution in [-0.4, -0.2) is 140 Å². The Morgan fingerprint density at radius 2 is 1.21 bits per heavy atom. The molecule has 9 N–H and O–H groups in total. The molecule has 2 fully saturated rings. The van der Waals surface area contributed by atoms with Crippen LogP contribution in [0.4, 0.5) is 0 Å². The predicted octanol–water partition coefficient (Wildman–Crippen LogP) is 3.54. The fraction of sp³-hybridized carbons (Fsp3) is 0.750.